The van der Waals surface area contributed by atoms with Crippen LogP contribution in [0.4, 0.5) is 0 Å². The molecule has 1 fully saturated rings. The standard InChI is InChI=1S/C15H18N2O/c1-11(17-12(2)18)13-4-6-14(7-5-13)15(10-16)8-3-9-15/h4-7,11H,3,8-9H2,1-2H3,(H,17,18). The van der Waals surface area contributed by atoms with Crippen LogP contribution in [0, 0.1) is 11.3 Å². The molecule has 0 radical (unpaired) electrons. The predicted molar refractivity (Wildman–Crippen MR) is 69.8 cm³/mol. The van der Waals surface area contributed by atoms with Gasteiger partial charge >= 0.3 is 0 Å². The molecule has 1 atom stereocenters. The topological polar surface area (TPSA) is 52.9 Å². The summed E-state index contributed by atoms with van der Waals surface area (Å²) in [7, 11) is 0. The summed E-state index contributed by atoms with van der Waals surface area (Å²) in [6.07, 6.45) is 3.06. The summed E-state index contributed by atoms with van der Waals surface area (Å²) < 4.78 is 0. The third kappa shape index (κ3) is 2.24. The van der Waals surface area contributed by atoms with Gasteiger partial charge < -0.3 is 5.32 Å². The maximum Gasteiger partial charge on any atom is 0.217 e. The molecule has 0 aliphatic heterocycles. The molecule has 0 aromatic heterocycles. The number of benzene rings is 1. The molecule has 3 nitrogen and oxygen atoms in total. The number of rotatable bonds is 3. The Morgan fingerprint density at radius 2 is 2.00 bits per heavy atom. The zero-order chi connectivity index (χ0) is 13.2. The van der Waals surface area contributed by atoms with E-state index in [9.17, 15) is 10.1 Å². The molecule has 1 aliphatic carbocycles. The quantitative estimate of drug-likeness (QED) is 0.886. The lowest BCUT2D eigenvalue weighted by molar-refractivity contribution is -0.119. The highest BCUT2D eigenvalue weighted by molar-refractivity contribution is 5.73. The van der Waals surface area contributed by atoms with Gasteiger partial charge in [-0.25, -0.2) is 0 Å². The Labute approximate surface area is 108 Å². The van der Waals surface area contributed by atoms with E-state index >= 15 is 0 Å². The molecule has 1 aliphatic rings. The largest absolute Gasteiger partial charge is 0.350 e. The minimum absolute atomic E-state index is 0.0102. The zero-order valence-corrected chi connectivity index (χ0v) is 10.9. The van der Waals surface area contributed by atoms with Gasteiger partial charge in [0.2, 0.25) is 5.91 Å². The summed E-state index contributed by atoms with van der Waals surface area (Å²) >= 11 is 0. The Bertz CT molecular complexity index is 480. The van der Waals surface area contributed by atoms with Gasteiger partial charge in [0.15, 0.2) is 0 Å². The van der Waals surface area contributed by atoms with E-state index in [1.54, 1.807) is 0 Å². The number of carbonyl (C=O) groups is 1. The first-order valence-corrected chi connectivity index (χ1v) is 6.36. The maximum absolute atomic E-state index is 11.0. The minimum Gasteiger partial charge on any atom is -0.350 e. The summed E-state index contributed by atoms with van der Waals surface area (Å²) in [6, 6.07) is 10.5. The molecule has 1 aromatic carbocycles. The second-order valence-corrected chi connectivity index (χ2v) is 5.09. The lowest BCUT2D eigenvalue weighted by Crippen LogP contribution is -2.32. The summed E-state index contributed by atoms with van der Waals surface area (Å²) in [5, 5.41) is 12.1. The van der Waals surface area contributed by atoms with Gasteiger partial charge in [0.25, 0.3) is 0 Å². The van der Waals surface area contributed by atoms with E-state index < -0.39 is 0 Å². The number of carbonyl (C=O) groups excluding carboxylic acids is 1. The summed E-state index contributed by atoms with van der Waals surface area (Å²) in [6.45, 7) is 3.48. The molecule has 1 amide bonds. The SMILES string of the molecule is CC(=O)NC(C)c1ccc(C2(C#N)CCC2)cc1. The Hall–Kier alpha value is -1.82. The van der Waals surface area contributed by atoms with Gasteiger partial charge in [0.05, 0.1) is 17.5 Å². The summed E-state index contributed by atoms with van der Waals surface area (Å²) in [5.74, 6) is -0.0286. The molecule has 94 valence electrons. The van der Waals surface area contributed by atoms with Crippen LogP contribution >= 0.6 is 0 Å². The second kappa shape index (κ2) is 4.81. The van der Waals surface area contributed by atoms with Crippen molar-refractivity contribution in [3.05, 3.63) is 35.4 Å². The van der Waals surface area contributed by atoms with Crippen LogP contribution in [0.3, 0.4) is 0 Å². The molecule has 1 N–H and O–H groups in total. The third-order valence-corrected chi connectivity index (χ3v) is 3.80. The molecule has 1 aromatic rings. The minimum atomic E-state index is -0.254. The number of amides is 1. The molecule has 1 saturated carbocycles. The van der Waals surface area contributed by atoms with Gasteiger partial charge in [-0.15, -0.1) is 0 Å². The molecular formula is C15H18N2O. The first-order valence-electron chi connectivity index (χ1n) is 6.36. The van der Waals surface area contributed by atoms with E-state index in [1.165, 1.54) is 6.92 Å². The highest BCUT2D eigenvalue weighted by Gasteiger charge is 2.38. The van der Waals surface area contributed by atoms with Crippen LogP contribution in [0.5, 0.6) is 0 Å². The van der Waals surface area contributed by atoms with Crippen molar-refractivity contribution in [2.75, 3.05) is 0 Å². The van der Waals surface area contributed by atoms with Gasteiger partial charge in [-0.1, -0.05) is 24.3 Å². The third-order valence-electron chi connectivity index (χ3n) is 3.80. The van der Waals surface area contributed by atoms with Gasteiger partial charge in [0, 0.05) is 6.92 Å². The van der Waals surface area contributed by atoms with E-state index in [4.69, 9.17) is 0 Å². The fourth-order valence-corrected chi connectivity index (χ4v) is 2.47. The number of hydrogen-bond donors (Lipinski definition) is 1. The first-order chi connectivity index (χ1) is 8.57. The Morgan fingerprint density at radius 1 is 1.39 bits per heavy atom. The van der Waals surface area contributed by atoms with Crippen LogP contribution in [0.1, 0.15) is 50.3 Å². The molecule has 0 bridgehead atoms. The highest BCUT2D eigenvalue weighted by atomic mass is 16.1. The Balaban J connectivity index is 2.15. The summed E-state index contributed by atoms with van der Waals surface area (Å²) in [5.41, 5.74) is 1.92. The van der Waals surface area contributed by atoms with Gasteiger partial charge in [-0.3, -0.25) is 4.79 Å². The molecular weight excluding hydrogens is 224 g/mol. The molecule has 1 unspecified atom stereocenters. The van der Waals surface area contributed by atoms with Crippen molar-refractivity contribution < 1.29 is 4.79 Å². The molecule has 0 spiro atoms. The first kappa shape index (κ1) is 12.6. The Morgan fingerprint density at radius 3 is 2.39 bits per heavy atom. The van der Waals surface area contributed by atoms with E-state index in [0.29, 0.717) is 0 Å². The van der Waals surface area contributed by atoms with Crippen molar-refractivity contribution in [3.63, 3.8) is 0 Å². The Kier molecular flexibility index (Phi) is 3.38. The number of nitriles is 1. The fraction of sp³-hybridized carbons (Fsp3) is 0.467. The van der Waals surface area contributed by atoms with Crippen LogP contribution < -0.4 is 5.32 Å². The van der Waals surface area contributed by atoms with Gasteiger partial charge in [0.1, 0.15) is 0 Å². The molecule has 0 heterocycles. The van der Waals surface area contributed by atoms with Crippen LogP contribution in [-0.4, -0.2) is 5.91 Å². The normalized spacial score (nSPS) is 18.3. The van der Waals surface area contributed by atoms with Crippen molar-refractivity contribution in [1.29, 1.82) is 5.26 Å². The molecule has 2 rings (SSSR count). The lowest BCUT2D eigenvalue weighted by Gasteiger charge is -2.35. The second-order valence-electron chi connectivity index (χ2n) is 5.09. The van der Waals surface area contributed by atoms with Crippen LogP contribution in [0.25, 0.3) is 0 Å². The fourth-order valence-electron chi connectivity index (χ4n) is 2.47. The van der Waals surface area contributed by atoms with Crippen molar-refractivity contribution in [3.8, 4) is 6.07 Å². The van der Waals surface area contributed by atoms with Crippen LogP contribution in [0.2, 0.25) is 0 Å². The number of hydrogen-bond acceptors (Lipinski definition) is 2. The summed E-state index contributed by atoms with van der Waals surface area (Å²) in [4.78, 5) is 11.0. The maximum atomic E-state index is 11.0. The number of nitrogens with one attached hydrogen (secondary N) is 1. The molecule has 3 heteroatoms. The van der Waals surface area contributed by atoms with E-state index in [2.05, 4.69) is 11.4 Å². The number of nitrogens with zero attached hydrogens (tertiary/aromatic N) is 1. The van der Waals surface area contributed by atoms with Crippen LogP contribution in [0.15, 0.2) is 24.3 Å². The molecule has 18 heavy (non-hydrogen) atoms. The van der Waals surface area contributed by atoms with Crippen molar-refractivity contribution in [2.45, 2.75) is 44.6 Å². The monoisotopic (exact) mass is 242 g/mol. The highest BCUT2D eigenvalue weighted by Crippen LogP contribution is 2.43. The molecule has 0 saturated heterocycles. The van der Waals surface area contributed by atoms with Crippen molar-refractivity contribution in [2.24, 2.45) is 0 Å². The zero-order valence-electron chi connectivity index (χ0n) is 10.9. The average molecular weight is 242 g/mol. The van der Waals surface area contributed by atoms with Crippen molar-refractivity contribution >= 4 is 5.91 Å². The van der Waals surface area contributed by atoms with E-state index in [0.717, 1.165) is 30.4 Å². The van der Waals surface area contributed by atoms with E-state index in [-0.39, 0.29) is 17.4 Å². The van der Waals surface area contributed by atoms with E-state index in [1.807, 2.05) is 31.2 Å². The van der Waals surface area contributed by atoms with Crippen LogP contribution in [-0.2, 0) is 10.2 Å². The average Bonchev–Trinajstić information content (AvgIpc) is 2.28. The predicted octanol–water partition coefficient (Wildman–Crippen LogP) is 2.83. The van der Waals surface area contributed by atoms with Crippen molar-refractivity contribution in [1.82, 2.24) is 5.32 Å². The van der Waals surface area contributed by atoms with Gasteiger partial charge in [-0.2, -0.15) is 5.26 Å². The smallest absolute Gasteiger partial charge is 0.217 e. The lowest BCUT2D eigenvalue weighted by atomic mass is 9.65. The van der Waals surface area contributed by atoms with Gasteiger partial charge in [-0.05, 0) is 37.3 Å².